The summed E-state index contributed by atoms with van der Waals surface area (Å²) in [5.41, 5.74) is 11.4. The first kappa shape index (κ1) is 18.1. The maximum Gasteiger partial charge on any atom is 0.229 e. The number of nitrogens with zero attached hydrogens (tertiary/aromatic N) is 4. The van der Waals surface area contributed by atoms with Gasteiger partial charge in [-0.2, -0.15) is 10.1 Å². The molecule has 8 nitrogen and oxygen atoms in total. The minimum Gasteiger partial charge on any atom is -0.399 e. The lowest BCUT2D eigenvalue weighted by Gasteiger charge is -2.14. The molecule has 0 aliphatic heterocycles. The number of aromatic nitrogens is 4. The Labute approximate surface area is 173 Å². The normalized spacial score (nSPS) is 15.2. The van der Waals surface area contributed by atoms with Crippen LogP contribution in [0.4, 0.5) is 23.0 Å². The first-order valence-electron chi connectivity index (χ1n) is 9.80. The second-order valence-electron chi connectivity index (χ2n) is 7.46. The van der Waals surface area contributed by atoms with Gasteiger partial charge in [0.15, 0.2) is 5.65 Å². The molecule has 5 rings (SSSR count). The first-order chi connectivity index (χ1) is 14.6. The van der Waals surface area contributed by atoms with Crippen molar-refractivity contribution in [1.82, 2.24) is 19.7 Å². The molecule has 2 heterocycles. The van der Waals surface area contributed by atoms with E-state index in [9.17, 15) is 4.79 Å². The van der Waals surface area contributed by atoms with Crippen LogP contribution in [0.15, 0.2) is 54.9 Å². The highest BCUT2D eigenvalue weighted by atomic mass is 16.1. The molecular formula is C22H21N7O. The Kier molecular flexibility index (Phi) is 4.31. The number of hydrogen-bond acceptors (Lipinski definition) is 6. The van der Waals surface area contributed by atoms with Crippen LogP contribution in [0.5, 0.6) is 0 Å². The Balaban J connectivity index is 1.47. The van der Waals surface area contributed by atoms with Gasteiger partial charge in [-0.25, -0.2) is 9.67 Å². The van der Waals surface area contributed by atoms with Crippen molar-refractivity contribution >= 4 is 40.0 Å². The smallest absolute Gasteiger partial charge is 0.229 e. The van der Waals surface area contributed by atoms with Crippen LogP contribution in [-0.4, -0.2) is 25.7 Å². The van der Waals surface area contributed by atoms with Crippen LogP contribution in [0.25, 0.3) is 11.0 Å². The molecule has 2 aromatic heterocycles. The predicted octanol–water partition coefficient (Wildman–Crippen LogP) is 3.65. The van der Waals surface area contributed by atoms with Gasteiger partial charge in [0.1, 0.15) is 0 Å². The van der Waals surface area contributed by atoms with Crippen LogP contribution >= 0.6 is 0 Å². The standard InChI is InChI=1S/C22H21N7O/c1-13(30)26-18-7-8-19-14(10-18)2-9-20(19)29-21-15(12-25-29)11-24-22(28-21)27-17-5-3-16(23)4-6-17/h3-8,10-12,20H,2,9,23H2,1H3,(H,26,30)(H,24,27,28). The molecule has 1 aliphatic rings. The molecule has 0 saturated carbocycles. The fourth-order valence-corrected chi connectivity index (χ4v) is 3.95. The Morgan fingerprint density at radius 1 is 1.13 bits per heavy atom. The van der Waals surface area contributed by atoms with E-state index in [1.54, 1.807) is 12.4 Å². The van der Waals surface area contributed by atoms with Crippen molar-refractivity contribution < 1.29 is 4.79 Å². The van der Waals surface area contributed by atoms with Crippen LogP contribution in [-0.2, 0) is 11.2 Å². The summed E-state index contributed by atoms with van der Waals surface area (Å²) in [5.74, 6) is 0.439. The summed E-state index contributed by atoms with van der Waals surface area (Å²) in [6.45, 7) is 1.52. The number of nitrogens with one attached hydrogen (secondary N) is 2. The number of hydrogen-bond donors (Lipinski definition) is 3. The minimum absolute atomic E-state index is 0.0691. The molecule has 30 heavy (non-hydrogen) atoms. The van der Waals surface area contributed by atoms with Gasteiger partial charge in [0.05, 0.1) is 17.6 Å². The first-order valence-corrected chi connectivity index (χ1v) is 9.80. The Morgan fingerprint density at radius 2 is 1.93 bits per heavy atom. The van der Waals surface area contributed by atoms with Crippen molar-refractivity contribution in [2.45, 2.75) is 25.8 Å². The monoisotopic (exact) mass is 399 g/mol. The average Bonchev–Trinajstić information content (AvgIpc) is 3.32. The number of nitrogen functional groups attached to an aromatic ring is 1. The van der Waals surface area contributed by atoms with Crippen LogP contribution < -0.4 is 16.4 Å². The van der Waals surface area contributed by atoms with Gasteiger partial charge < -0.3 is 16.4 Å². The maximum atomic E-state index is 11.3. The minimum atomic E-state index is -0.0691. The second-order valence-corrected chi connectivity index (χ2v) is 7.46. The highest BCUT2D eigenvalue weighted by Gasteiger charge is 2.26. The number of amides is 1. The van der Waals surface area contributed by atoms with E-state index in [0.717, 1.165) is 35.2 Å². The van der Waals surface area contributed by atoms with E-state index in [-0.39, 0.29) is 11.9 Å². The van der Waals surface area contributed by atoms with Crippen LogP contribution in [0.2, 0.25) is 0 Å². The molecule has 1 atom stereocenters. The van der Waals surface area contributed by atoms with Crippen LogP contribution in [0, 0.1) is 0 Å². The third-order valence-corrected chi connectivity index (χ3v) is 5.31. The fraction of sp³-hybridized carbons (Fsp3) is 0.182. The summed E-state index contributed by atoms with van der Waals surface area (Å²) in [7, 11) is 0. The van der Waals surface area contributed by atoms with Gasteiger partial charge in [0, 0.05) is 30.2 Å². The van der Waals surface area contributed by atoms with Crippen molar-refractivity contribution in [3.8, 4) is 0 Å². The Hall–Kier alpha value is -3.94. The number of fused-ring (bicyclic) bond motifs is 2. The fourth-order valence-electron chi connectivity index (χ4n) is 3.95. The van der Waals surface area contributed by atoms with E-state index < -0.39 is 0 Å². The Bertz CT molecular complexity index is 1250. The summed E-state index contributed by atoms with van der Waals surface area (Å²) >= 11 is 0. The number of carbonyl (C=O) groups is 1. The van der Waals surface area contributed by atoms with Crippen LogP contribution in [0.3, 0.4) is 0 Å². The molecule has 1 aliphatic carbocycles. The molecule has 0 fully saturated rings. The van der Waals surface area contributed by atoms with Gasteiger partial charge in [-0.3, -0.25) is 4.79 Å². The third-order valence-electron chi connectivity index (χ3n) is 5.31. The van der Waals surface area contributed by atoms with Gasteiger partial charge in [0.25, 0.3) is 0 Å². The molecule has 150 valence electrons. The van der Waals surface area contributed by atoms with Gasteiger partial charge in [0.2, 0.25) is 11.9 Å². The van der Waals surface area contributed by atoms with E-state index >= 15 is 0 Å². The van der Waals surface area contributed by atoms with E-state index in [2.05, 4.69) is 26.8 Å². The summed E-state index contributed by atoms with van der Waals surface area (Å²) in [6.07, 6.45) is 5.43. The van der Waals surface area contributed by atoms with Crippen molar-refractivity contribution in [1.29, 1.82) is 0 Å². The lowest BCUT2D eigenvalue weighted by Crippen LogP contribution is -2.11. The van der Waals surface area contributed by atoms with Crippen molar-refractivity contribution in [3.05, 3.63) is 66.0 Å². The highest BCUT2D eigenvalue weighted by Crippen LogP contribution is 2.37. The van der Waals surface area contributed by atoms with E-state index in [4.69, 9.17) is 10.7 Å². The number of benzene rings is 2. The van der Waals surface area contributed by atoms with Crippen molar-refractivity contribution in [2.24, 2.45) is 0 Å². The number of anilines is 4. The predicted molar refractivity (Wildman–Crippen MR) is 117 cm³/mol. The van der Waals surface area contributed by atoms with E-state index in [1.807, 2.05) is 41.1 Å². The lowest BCUT2D eigenvalue weighted by molar-refractivity contribution is -0.114. The molecule has 0 spiro atoms. The van der Waals surface area contributed by atoms with Gasteiger partial charge in [-0.15, -0.1) is 0 Å². The summed E-state index contributed by atoms with van der Waals surface area (Å²) in [5, 5.41) is 11.6. The average molecular weight is 399 g/mol. The molecule has 0 bridgehead atoms. The highest BCUT2D eigenvalue weighted by molar-refractivity contribution is 5.88. The van der Waals surface area contributed by atoms with Gasteiger partial charge in [-0.1, -0.05) is 6.07 Å². The van der Waals surface area contributed by atoms with E-state index in [1.165, 1.54) is 18.1 Å². The Morgan fingerprint density at radius 3 is 2.73 bits per heavy atom. The van der Waals surface area contributed by atoms with Crippen molar-refractivity contribution in [3.63, 3.8) is 0 Å². The molecule has 4 aromatic rings. The number of rotatable bonds is 4. The zero-order chi connectivity index (χ0) is 20.7. The topological polar surface area (TPSA) is 111 Å². The number of nitrogens with two attached hydrogens (primary N) is 1. The lowest BCUT2D eigenvalue weighted by atomic mass is 10.1. The zero-order valence-electron chi connectivity index (χ0n) is 16.5. The quantitative estimate of drug-likeness (QED) is 0.452. The van der Waals surface area contributed by atoms with E-state index in [0.29, 0.717) is 11.6 Å². The molecule has 2 aromatic carbocycles. The SMILES string of the molecule is CC(=O)Nc1ccc2c(c1)CCC2n1ncc2cnc(Nc3ccc(N)cc3)nc21. The summed E-state index contributed by atoms with van der Waals surface area (Å²) < 4.78 is 1.97. The van der Waals surface area contributed by atoms with Gasteiger partial charge in [-0.05, 0) is 60.4 Å². The third kappa shape index (κ3) is 3.32. The summed E-state index contributed by atoms with van der Waals surface area (Å²) in [6, 6.07) is 13.6. The second kappa shape index (κ2) is 7.14. The molecule has 8 heteroatoms. The largest absolute Gasteiger partial charge is 0.399 e. The molecule has 1 amide bonds. The van der Waals surface area contributed by atoms with Gasteiger partial charge >= 0.3 is 0 Å². The molecule has 0 radical (unpaired) electrons. The maximum absolute atomic E-state index is 11.3. The molecule has 4 N–H and O–H groups in total. The number of carbonyl (C=O) groups excluding carboxylic acids is 1. The van der Waals surface area contributed by atoms with Crippen molar-refractivity contribution in [2.75, 3.05) is 16.4 Å². The number of aryl methyl sites for hydroxylation is 1. The molecular weight excluding hydrogens is 378 g/mol. The molecule has 0 saturated heterocycles. The molecule has 1 unspecified atom stereocenters. The van der Waals surface area contributed by atoms with Crippen LogP contribution in [0.1, 0.15) is 30.5 Å². The summed E-state index contributed by atoms with van der Waals surface area (Å²) in [4.78, 5) is 20.5. The zero-order valence-corrected chi connectivity index (χ0v) is 16.5.